The Morgan fingerprint density at radius 1 is 1.09 bits per heavy atom. The van der Waals surface area contributed by atoms with Gasteiger partial charge in [-0.25, -0.2) is 17.5 Å². The molecule has 1 aliphatic rings. The number of amides is 2. The van der Waals surface area contributed by atoms with Crippen LogP contribution in [0.25, 0.3) is 0 Å². The van der Waals surface area contributed by atoms with Crippen molar-refractivity contribution in [3.05, 3.63) is 66.0 Å². The summed E-state index contributed by atoms with van der Waals surface area (Å²) in [6.07, 6.45) is 2.32. The SMILES string of the molecule is O=C(CN(CCc1ccccc1)C(=O)CNS(=O)(=O)c1ccc(F)cc1)NC[C@H]1CCCO1. The Balaban J connectivity index is 1.60. The molecular weight excluding hydrogens is 449 g/mol. The number of ether oxygens (including phenoxy) is 1. The first-order valence-electron chi connectivity index (χ1n) is 10.8. The molecule has 0 bridgehead atoms. The zero-order valence-corrected chi connectivity index (χ0v) is 19.0. The van der Waals surface area contributed by atoms with Crippen LogP contribution in [0.5, 0.6) is 0 Å². The van der Waals surface area contributed by atoms with E-state index >= 15 is 0 Å². The van der Waals surface area contributed by atoms with E-state index < -0.39 is 28.3 Å². The van der Waals surface area contributed by atoms with Crippen molar-refractivity contribution in [3.63, 3.8) is 0 Å². The Morgan fingerprint density at radius 3 is 2.48 bits per heavy atom. The molecule has 1 aliphatic heterocycles. The van der Waals surface area contributed by atoms with Gasteiger partial charge in [0.15, 0.2) is 0 Å². The average molecular weight is 478 g/mol. The molecule has 10 heteroatoms. The van der Waals surface area contributed by atoms with E-state index in [-0.39, 0.29) is 30.0 Å². The van der Waals surface area contributed by atoms with Crippen molar-refractivity contribution >= 4 is 21.8 Å². The number of hydrogen-bond donors (Lipinski definition) is 2. The Hall–Kier alpha value is -2.82. The van der Waals surface area contributed by atoms with Gasteiger partial charge in [-0.1, -0.05) is 30.3 Å². The van der Waals surface area contributed by atoms with E-state index in [0.29, 0.717) is 19.6 Å². The van der Waals surface area contributed by atoms with Crippen LogP contribution in [0.15, 0.2) is 59.5 Å². The molecule has 1 heterocycles. The smallest absolute Gasteiger partial charge is 0.241 e. The van der Waals surface area contributed by atoms with Gasteiger partial charge in [0.1, 0.15) is 5.82 Å². The summed E-state index contributed by atoms with van der Waals surface area (Å²) in [6.45, 7) is 0.575. The molecular formula is C23H28FN3O5S. The highest BCUT2D eigenvalue weighted by molar-refractivity contribution is 7.89. The van der Waals surface area contributed by atoms with Crippen LogP contribution >= 0.6 is 0 Å². The van der Waals surface area contributed by atoms with Crippen molar-refractivity contribution in [1.82, 2.24) is 14.9 Å². The van der Waals surface area contributed by atoms with Gasteiger partial charge in [-0.2, -0.15) is 0 Å². The number of benzene rings is 2. The van der Waals surface area contributed by atoms with Gasteiger partial charge in [-0.15, -0.1) is 0 Å². The zero-order valence-electron chi connectivity index (χ0n) is 18.2. The van der Waals surface area contributed by atoms with Crippen molar-refractivity contribution in [2.45, 2.75) is 30.3 Å². The van der Waals surface area contributed by atoms with Gasteiger partial charge in [-0.3, -0.25) is 9.59 Å². The molecule has 0 aromatic heterocycles. The summed E-state index contributed by atoms with van der Waals surface area (Å²) in [7, 11) is -4.00. The largest absolute Gasteiger partial charge is 0.376 e. The molecule has 8 nitrogen and oxygen atoms in total. The molecule has 3 rings (SSSR count). The fourth-order valence-corrected chi connectivity index (χ4v) is 4.40. The van der Waals surface area contributed by atoms with Crippen LogP contribution in [-0.2, 0) is 30.8 Å². The standard InChI is InChI=1S/C23H28FN3O5S/c24-19-8-10-21(11-9-19)33(30,31)26-16-23(29)27(13-12-18-5-2-1-3-6-18)17-22(28)25-15-20-7-4-14-32-20/h1-3,5-6,8-11,20,26H,4,7,12-17H2,(H,25,28)/t20-/m1/s1. The molecule has 2 N–H and O–H groups in total. The molecule has 2 aromatic rings. The minimum Gasteiger partial charge on any atom is -0.376 e. The van der Waals surface area contributed by atoms with E-state index in [4.69, 9.17) is 4.74 Å². The summed E-state index contributed by atoms with van der Waals surface area (Å²) in [4.78, 5) is 26.4. The first-order chi connectivity index (χ1) is 15.8. The van der Waals surface area contributed by atoms with E-state index in [1.54, 1.807) is 0 Å². The summed E-state index contributed by atoms with van der Waals surface area (Å²) in [5.41, 5.74) is 0.988. The van der Waals surface area contributed by atoms with Crippen LogP contribution in [0, 0.1) is 5.82 Å². The third-order valence-corrected chi connectivity index (χ3v) is 6.71. The van der Waals surface area contributed by atoms with Gasteiger partial charge in [-0.05, 0) is 49.1 Å². The normalized spacial score (nSPS) is 15.8. The molecule has 1 atom stereocenters. The summed E-state index contributed by atoms with van der Waals surface area (Å²) in [5.74, 6) is -1.44. The van der Waals surface area contributed by atoms with Crippen LogP contribution in [-0.4, -0.2) is 64.0 Å². The second kappa shape index (κ2) is 11.9. The molecule has 0 spiro atoms. The van der Waals surface area contributed by atoms with Gasteiger partial charge in [0.2, 0.25) is 21.8 Å². The minimum atomic E-state index is -4.00. The summed E-state index contributed by atoms with van der Waals surface area (Å²) < 4.78 is 45.7. The molecule has 33 heavy (non-hydrogen) atoms. The molecule has 1 saturated heterocycles. The number of nitrogens with zero attached hydrogens (tertiary/aromatic N) is 1. The molecule has 0 unspecified atom stereocenters. The van der Waals surface area contributed by atoms with Crippen molar-refractivity contribution in [1.29, 1.82) is 0 Å². The van der Waals surface area contributed by atoms with Crippen molar-refractivity contribution in [2.75, 3.05) is 32.8 Å². The zero-order chi connectivity index (χ0) is 23.7. The number of rotatable bonds is 11. The molecule has 1 fully saturated rings. The lowest BCUT2D eigenvalue weighted by atomic mass is 10.1. The predicted octanol–water partition coefficient (Wildman–Crippen LogP) is 1.47. The maximum Gasteiger partial charge on any atom is 0.241 e. The third kappa shape index (κ3) is 7.92. The average Bonchev–Trinajstić information content (AvgIpc) is 3.33. The first-order valence-corrected chi connectivity index (χ1v) is 12.3. The van der Waals surface area contributed by atoms with Crippen LogP contribution in [0.4, 0.5) is 4.39 Å². The molecule has 2 aromatic carbocycles. The van der Waals surface area contributed by atoms with Crippen molar-refractivity contribution in [3.8, 4) is 0 Å². The molecule has 178 valence electrons. The van der Waals surface area contributed by atoms with Crippen LogP contribution in [0.2, 0.25) is 0 Å². The topological polar surface area (TPSA) is 105 Å². The highest BCUT2D eigenvalue weighted by atomic mass is 32.2. The van der Waals surface area contributed by atoms with Gasteiger partial charge in [0.05, 0.1) is 24.1 Å². The van der Waals surface area contributed by atoms with Crippen molar-refractivity contribution < 1.29 is 27.1 Å². The lowest BCUT2D eigenvalue weighted by molar-refractivity contribution is -0.135. The Kier molecular flexibility index (Phi) is 8.93. The van der Waals surface area contributed by atoms with Crippen LogP contribution in [0.1, 0.15) is 18.4 Å². The number of hydrogen-bond acceptors (Lipinski definition) is 5. The van der Waals surface area contributed by atoms with E-state index in [1.807, 2.05) is 30.3 Å². The third-order valence-electron chi connectivity index (χ3n) is 5.29. The van der Waals surface area contributed by atoms with E-state index in [9.17, 15) is 22.4 Å². The fourth-order valence-electron chi connectivity index (χ4n) is 3.43. The van der Waals surface area contributed by atoms with Gasteiger partial charge < -0.3 is 15.0 Å². The maximum absolute atomic E-state index is 13.1. The monoisotopic (exact) mass is 477 g/mol. The molecule has 0 saturated carbocycles. The van der Waals surface area contributed by atoms with E-state index in [0.717, 1.165) is 42.7 Å². The maximum atomic E-state index is 13.1. The number of carbonyl (C=O) groups excluding carboxylic acids is 2. The van der Waals surface area contributed by atoms with E-state index in [2.05, 4.69) is 10.0 Å². The number of carbonyl (C=O) groups is 2. The second-order valence-electron chi connectivity index (χ2n) is 7.77. The van der Waals surface area contributed by atoms with Crippen LogP contribution in [0.3, 0.4) is 0 Å². The van der Waals surface area contributed by atoms with E-state index in [1.165, 1.54) is 4.90 Å². The van der Waals surface area contributed by atoms with Gasteiger partial charge in [0, 0.05) is 19.7 Å². The molecule has 0 aliphatic carbocycles. The minimum absolute atomic E-state index is 0.0232. The first kappa shape index (κ1) is 24.8. The van der Waals surface area contributed by atoms with Crippen LogP contribution < -0.4 is 10.0 Å². The summed E-state index contributed by atoms with van der Waals surface area (Å²) in [5, 5.41) is 2.78. The molecule has 2 amide bonds. The highest BCUT2D eigenvalue weighted by Crippen LogP contribution is 2.11. The van der Waals surface area contributed by atoms with Gasteiger partial charge >= 0.3 is 0 Å². The lowest BCUT2D eigenvalue weighted by Gasteiger charge is -2.23. The Bertz CT molecular complexity index is 1030. The Labute approximate surface area is 193 Å². The highest BCUT2D eigenvalue weighted by Gasteiger charge is 2.22. The number of nitrogens with one attached hydrogen (secondary N) is 2. The number of halogens is 1. The van der Waals surface area contributed by atoms with Crippen molar-refractivity contribution in [2.24, 2.45) is 0 Å². The summed E-state index contributed by atoms with van der Waals surface area (Å²) in [6, 6.07) is 13.8. The fraction of sp³-hybridized carbons (Fsp3) is 0.391. The number of sulfonamides is 1. The van der Waals surface area contributed by atoms with Gasteiger partial charge in [0.25, 0.3) is 0 Å². The predicted molar refractivity (Wildman–Crippen MR) is 120 cm³/mol. The quantitative estimate of drug-likeness (QED) is 0.510. The lowest BCUT2D eigenvalue weighted by Crippen LogP contribution is -2.46. The Morgan fingerprint density at radius 2 is 1.82 bits per heavy atom. The molecule has 0 radical (unpaired) electrons. The second-order valence-corrected chi connectivity index (χ2v) is 9.54. The summed E-state index contributed by atoms with van der Waals surface area (Å²) >= 11 is 0.